The van der Waals surface area contributed by atoms with Crippen molar-refractivity contribution in [2.75, 3.05) is 19.5 Å². The first kappa shape index (κ1) is 22.0. The Labute approximate surface area is 192 Å². The van der Waals surface area contributed by atoms with Crippen LogP contribution in [0.25, 0.3) is 0 Å². The minimum Gasteiger partial charge on any atom is -0.502 e. The first-order valence-corrected chi connectivity index (χ1v) is 11.0. The number of hydrogen-bond acceptors (Lipinski definition) is 7. The molecule has 3 aromatic rings. The van der Waals surface area contributed by atoms with Gasteiger partial charge in [-0.25, -0.2) is 4.98 Å². The van der Waals surface area contributed by atoms with Gasteiger partial charge in [-0.05, 0) is 35.4 Å². The van der Waals surface area contributed by atoms with E-state index in [0.29, 0.717) is 27.1 Å². The number of carbonyl (C=O) groups excluding carboxylic acids is 1. The number of halogens is 1. The van der Waals surface area contributed by atoms with Gasteiger partial charge in [-0.3, -0.25) is 9.59 Å². The van der Waals surface area contributed by atoms with E-state index in [0.717, 1.165) is 5.56 Å². The average Bonchev–Trinajstić information content (AvgIpc) is 2.77. The summed E-state index contributed by atoms with van der Waals surface area (Å²) in [6, 6.07) is 10.6. The third-order valence-electron chi connectivity index (χ3n) is 5.10. The van der Waals surface area contributed by atoms with Crippen LogP contribution in [0.3, 0.4) is 0 Å². The van der Waals surface area contributed by atoms with Crippen LogP contribution in [0.15, 0.2) is 46.3 Å². The summed E-state index contributed by atoms with van der Waals surface area (Å²) >= 11 is 7.36. The van der Waals surface area contributed by atoms with Gasteiger partial charge in [0.15, 0.2) is 16.7 Å². The molecule has 0 saturated carbocycles. The lowest BCUT2D eigenvalue weighted by Gasteiger charge is -2.25. The number of anilines is 1. The Balaban J connectivity index is 1.70. The summed E-state index contributed by atoms with van der Waals surface area (Å²) in [5.41, 5.74) is 1.57. The van der Waals surface area contributed by atoms with Crippen LogP contribution in [0.2, 0.25) is 5.02 Å². The second kappa shape index (κ2) is 9.13. The number of fused-ring (bicyclic) bond motifs is 1. The number of carbonyl (C=O) groups is 1. The quantitative estimate of drug-likeness (QED) is 0.367. The lowest BCUT2D eigenvalue weighted by molar-refractivity contribution is -0.116. The van der Waals surface area contributed by atoms with Gasteiger partial charge >= 0.3 is 0 Å². The van der Waals surface area contributed by atoms with E-state index >= 15 is 0 Å². The van der Waals surface area contributed by atoms with Crippen molar-refractivity contribution in [2.45, 2.75) is 23.2 Å². The largest absolute Gasteiger partial charge is 0.502 e. The average molecular weight is 474 g/mol. The SMILES string of the molecule is COc1cc([C@H]2CC(=O)Nc3nc(SCc4cccc(Cl)c4)[nH]c(=O)c32)cc(OC)c1O. The Morgan fingerprint density at radius 1 is 1.19 bits per heavy atom. The van der Waals surface area contributed by atoms with Crippen LogP contribution in [-0.2, 0) is 10.5 Å². The van der Waals surface area contributed by atoms with Gasteiger partial charge in [0.25, 0.3) is 5.56 Å². The first-order chi connectivity index (χ1) is 15.4. The number of H-pyrrole nitrogens is 1. The highest BCUT2D eigenvalue weighted by Crippen LogP contribution is 2.43. The fourth-order valence-electron chi connectivity index (χ4n) is 3.60. The van der Waals surface area contributed by atoms with Gasteiger partial charge in [0, 0.05) is 23.1 Å². The molecule has 1 atom stereocenters. The zero-order valence-corrected chi connectivity index (χ0v) is 18.8. The molecule has 0 unspecified atom stereocenters. The van der Waals surface area contributed by atoms with Gasteiger partial charge in [0.2, 0.25) is 11.7 Å². The van der Waals surface area contributed by atoms with Crippen molar-refractivity contribution in [2.24, 2.45) is 0 Å². The van der Waals surface area contributed by atoms with Crippen LogP contribution in [0.4, 0.5) is 5.82 Å². The molecule has 2 heterocycles. The number of ether oxygens (including phenoxy) is 2. The number of thioether (sulfide) groups is 1. The van der Waals surface area contributed by atoms with Crippen molar-refractivity contribution >= 4 is 35.1 Å². The molecule has 8 nitrogen and oxygen atoms in total. The van der Waals surface area contributed by atoms with E-state index in [1.807, 2.05) is 18.2 Å². The lowest BCUT2D eigenvalue weighted by atomic mass is 9.86. The molecule has 4 rings (SSSR count). The smallest absolute Gasteiger partial charge is 0.257 e. The van der Waals surface area contributed by atoms with Crippen molar-refractivity contribution in [1.82, 2.24) is 9.97 Å². The monoisotopic (exact) mass is 473 g/mol. The van der Waals surface area contributed by atoms with Crippen molar-refractivity contribution in [3.05, 3.63) is 68.5 Å². The summed E-state index contributed by atoms with van der Waals surface area (Å²) < 4.78 is 10.4. The van der Waals surface area contributed by atoms with Crippen molar-refractivity contribution in [3.8, 4) is 17.2 Å². The molecule has 10 heteroatoms. The molecule has 2 aromatic carbocycles. The Morgan fingerprint density at radius 2 is 1.91 bits per heavy atom. The summed E-state index contributed by atoms with van der Waals surface area (Å²) in [6.45, 7) is 0. The lowest BCUT2D eigenvalue weighted by Crippen LogP contribution is -2.31. The van der Waals surface area contributed by atoms with E-state index in [4.69, 9.17) is 21.1 Å². The molecular weight excluding hydrogens is 454 g/mol. The van der Waals surface area contributed by atoms with Gasteiger partial charge < -0.3 is 24.9 Å². The number of benzene rings is 2. The zero-order valence-electron chi connectivity index (χ0n) is 17.3. The topological polar surface area (TPSA) is 114 Å². The molecule has 1 aliphatic heterocycles. The molecule has 1 aliphatic rings. The summed E-state index contributed by atoms with van der Waals surface area (Å²) in [5.74, 6) is 0.137. The van der Waals surface area contributed by atoms with E-state index in [1.54, 1.807) is 18.2 Å². The predicted molar refractivity (Wildman–Crippen MR) is 122 cm³/mol. The number of hydrogen-bond donors (Lipinski definition) is 3. The Hall–Kier alpha value is -3.17. The molecular formula is C22H20ClN3O5S. The van der Waals surface area contributed by atoms with Crippen LogP contribution in [0, 0.1) is 0 Å². The minimum atomic E-state index is -0.578. The number of aromatic hydroxyl groups is 1. The Bertz CT molecular complexity index is 1220. The maximum atomic E-state index is 13.0. The number of phenolic OH excluding ortho intramolecular Hbond substituents is 1. The van der Waals surface area contributed by atoms with Gasteiger partial charge in [-0.2, -0.15) is 0 Å². The number of aromatic nitrogens is 2. The maximum absolute atomic E-state index is 13.0. The Kier molecular flexibility index (Phi) is 6.29. The number of aromatic amines is 1. The number of nitrogens with zero attached hydrogens (tertiary/aromatic N) is 1. The number of methoxy groups -OCH3 is 2. The third-order valence-corrected chi connectivity index (χ3v) is 6.28. The van der Waals surface area contributed by atoms with E-state index in [-0.39, 0.29) is 41.0 Å². The molecule has 166 valence electrons. The predicted octanol–water partition coefficient (Wildman–Crippen LogP) is 3.91. The summed E-state index contributed by atoms with van der Waals surface area (Å²) in [6.07, 6.45) is 0.0455. The van der Waals surface area contributed by atoms with Gasteiger partial charge in [-0.1, -0.05) is 35.5 Å². The molecule has 0 spiro atoms. The van der Waals surface area contributed by atoms with Crippen LogP contribution in [-0.4, -0.2) is 35.2 Å². The second-order valence-electron chi connectivity index (χ2n) is 7.13. The molecule has 0 radical (unpaired) electrons. The summed E-state index contributed by atoms with van der Waals surface area (Å²) in [7, 11) is 2.83. The molecule has 0 bridgehead atoms. The van der Waals surface area contributed by atoms with E-state index in [2.05, 4.69) is 15.3 Å². The Morgan fingerprint density at radius 3 is 2.56 bits per heavy atom. The minimum absolute atomic E-state index is 0.0455. The number of amides is 1. The van der Waals surface area contributed by atoms with Gasteiger partial charge in [0.1, 0.15) is 5.82 Å². The molecule has 0 saturated heterocycles. The highest BCUT2D eigenvalue weighted by Gasteiger charge is 2.32. The number of nitrogens with one attached hydrogen (secondary N) is 2. The summed E-state index contributed by atoms with van der Waals surface area (Å²) in [5, 5.41) is 13.9. The zero-order chi connectivity index (χ0) is 22.8. The normalized spacial score (nSPS) is 15.1. The fourth-order valence-corrected chi connectivity index (χ4v) is 4.61. The van der Waals surface area contributed by atoms with Gasteiger partial charge in [0.05, 0.1) is 19.8 Å². The third kappa shape index (κ3) is 4.39. The maximum Gasteiger partial charge on any atom is 0.257 e. The van der Waals surface area contributed by atoms with E-state index < -0.39 is 5.92 Å². The molecule has 1 amide bonds. The second-order valence-corrected chi connectivity index (χ2v) is 8.53. The van der Waals surface area contributed by atoms with Crippen molar-refractivity contribution < 1.29 is 19.4 Å². The molecule has 1 aromatic heterocycles. The van der Waals surface area contributed by atoms with Crippen molar-refractivity contribution in [1.29, 1.82) is 0 Å². The molecule has 3 N–H and O–H groups in total. The van der Waals surface area contributed by atoms with E-state index in [9.17, 15) is 14.7 Å². The van der Waals surface area contributed by atoms with Gasteiger partial charge in [-0.15, -0.1) is 0 Å². The van der Waals surface area contributed by atoms with Crippen LogP contribution < -0.4 is 20.3 Å². The van der Waals surface area contributed by atoms with Crippen LogP contribution in [0.5, 0.6) is 17.2 Å². The molecule has 32 heavy (non-hydrogen) atoms. The highest BCUT2D eigenvalue weighted by molar-refractivity contribution is 7.98. The highest BCUT2D eigenvalue weighted by atomic mass is 35.5. The van der Waals surface area contributed by atoms with Crippen LogP contribution in [0.1, 0.15) is 29.0 Å². The van der Waals surface area contributed by atoms with Crippen LogP contribution >= 0.6 is 23.4 Å². The van der Waals surface area contributed by atoms with Crippen molar-refractivity contribution in [3.63, 3.8) is 0 Å². The molecule has 0 aliphatic carbocycles. The van der Waals surface area contributed by atoms with E-state index in [1.165, 1.54) is 26.0 Å². The standard InChI is InChI=1S/C22H20ClN3O5S/c1-30-15-7-12(8-16(31-2)19(15)28)14-9-17(27)24-20-18(14)21(29)26-22(25-20)32-10-11-4-3-5-13(23)6-11/h3-8,14,28H,9-10H2,1-2H3,(H2,24,25,26,27,29)/t14-/m1/s1. The molecule has 0 fully saturated rings. The first-order valence-electron chi connectivity index (χ1n) is 9.65. The summed E-state index contributed by atoms with van der Waals surface area (Å²) in [4.78, 5) is 32.7. The number of rotatable bonds is 6. The fraction of sp³-hybridized carbons (Fsp3) is 0.227. The number of phenols is 1.